The van der Waals surface area contributed by atoms with E-state index < -0.39 is 28.5 Å². The van der Waals surface area contributed by atoms with Crippen LogP contribution in [0.15, 0.2) is 77.7 Å². The van der Waals surface area contributed by atoms with Gasteiger partial charge in [0.1, 0.15) is 18.3 Å². The summed E-state index contributed by atoms with van der Waals surface area (Å²) in [5.41, 5.74) is 1.97. The van der Waals surface area contributed by atoms with Crippen LogP contribution in [0.5, 0.6) is 5.75 Å². The minimum atomic E-state index is -4.22. The monoisotopic (exact) mass is 557 g/mol. The molecule has 0 aliphatic carbocycles. The number of hydrogen-bond acceptors (Lipinski definition) is 5. The number of halogens is 1. The lowest BCUT2D eigenvalue weighted by molar-refractivity contribution is -0.140. The van der Waals surface area contributed by atoms with Crippen LogP contribution in [0.2, 0.25) is 5.02 Å². The Bertz CT molecular complexity index is 1360. The first kappa shape index (κ1) is 29.0. The van der Waals surface area contributed by atoms with Crippen molar-refractivity contribution in [2.45, 2.75) is 37.8 Å². The number of nitrogens with zero attached hydrogens (tertiary/aromatic N) is 2. The van der Waals surface area contributed by atoms with Crippen molar-refractivity contribution in [3.63, 3.8) is 0 Å². The van der Waals surface area contributed by atoms with Gasteiger partial charge >= 0.3 is 0 Å². The molecule has 0 aliphatic heterocycles. The van der Waals surface area contributed by atoms with Gasteiger partial charge < -0.3 is 15.0 Å². The molecule has 0 spiro atoms. The molecule has 8 nitrogen and oxygen atoms in total. The standard InChI is InChI=1S/C28H32ClN3O5S/c1-5-24(28(34)30-3)31(18-21-13-11-20(2)12-14-21)27(33)19-32(25-17-22(29)15-16-26(25)37-4)38(35,36)23-9-7-6-8-10-23/h6-17,24H,5,18-19H2,1-4H3,(H,30,34)/t24-/m1/s1. The lowest BCUT2D eigenvalue weighted by Gasteiger charge is -2.33. The molecule has 0 saturated heterocycles. The van der Waals surface area contributed by atoms with Gasteiger partial charge in [-0.15, -0.1) is 0 Å². The number of methoxy groups -OCH3 is 1. The molecule has 2 amide bonds. The van der Waals surface area contributed by atoms with Gasteiger partial charge in [-0.3, -0.25) is 13.9 Å². The summed E-state index contributed by atoms with van der Waals surface area (Å²) < 4.78 is 34.2. The summed E-state index contributed by atoms with van der Waals surface area (Å²) in [5.74, 6) is -0.668. The molecular weight excluding hydrogens is 526 g/mol. The highest BCUT2D eigenvalue weighted by Crippen LogP contribution is 2.35. The highest BCUT2D eigenvalue weighted by molar-refractivity contribution is 7.92. The van der Waals surface area contributed by atoms with Crippen molar-refractivity contribution in [2.24, 2.45) is 0 Å². The molecule has 0 bridgehead atoms. The number of carbonyl (C=O) groups excluding carboxylic acids is 2. The second-order valence-electron chi connectivity index (χ2n) is 8.69. The van der Waals surface area contributed by atoms with Crippen LogP contribution in [0.4, 0.5) is 5.69 Å². The predicted molar refractivity (Wildman–Crippen MR) is 149 cm³/mol. The molecule has 1 N–H and O–H groups in total. The van der Waals surface area contributed by atoms with E-state index in [0.29, 0.717) is 6.42 Å². The number of sulfonamides is 1. The molecule has 0 unspecified atom stereocenters. The third kappa shape index (κ3) is 6.65. The highest BCUT2D eigenvalue weighted by Gasteiger charge is 2.34. The number of nitrogens with one attached hydrogen (secondary N) is 1. The molecule has 0 aliphatic rings. The Balaban J connectivity index is 2.11. The zero-order valence-corrected chi connectivity index (χ0v) is 23.4. The van der Waals surface area contributed by atoms with Crippen LogP contribution < -0.4 is 14.4 Å². The highest BCUT2D eigenvalue weighted by atomic mass is 35.5. The second-order valence-corrected chi connectivity index (χ2v) is 11.0. The van der Waals surface area contributed by atoms with Crippen molar-refractivity contribution in [3.8, 4) is 5.75 Å². The van der Waals surface area contributed by atoms with Gasteiger partial charge in [-0.05, 0) is 49.2 Å². The minimum absolute atomic E-state index is 0.00161. The first-order chi connectivity index (χ1) is 18.1. The van der Waals surface area contributed by atoms with Crippen LogP contribution in [0.3, 0.4) is 0 Å². The van der Waals surface area contributed by atoms with Gasteiger partial charge in [-0.25, -0.2) is 8.42 Å². The molecule has 3 aromatic rings. The molecule has 38 heavy (non-hydrogen) atoms. The Morgan fingerprint density at radius 3 is 2.26 bits per heavy atom. The summed E-state index contributed by atoms with van der Waals surface area (Å²) in [5, 5.41) is 2.88. The Hall–Kier alpha value is -3.56. The van der Waals surface area contributed by atoms with Crippen LogP contribution in [-0.2, 0) is 26.2 Å². The maximum atomic E-state index is 13.9. The van der Waals surface area contributed by atoms with E-state index in [1.807, 2.05) is 31.2 Å². The van der Waals surface area contributed by atoms with E-state index >= 15 is 0 Å². The van der Waals surface area contributed by atoms with Crippen molar-refractivity contribution in [3.05, 3.63) is 88.9 Å². The number of aryl methyl sites for hydroxylation is 1. The molecule has 0 saturated carbocycles. The van der Waals surface area contributed by atoms with Gasteiger partial charge in [0.05, 0.1) is 17.7 Å². The molecule has 10 heteroatoms. The smallest absolute Gasteiger partial charge is 0.264 e. The van der Waals surface area contributed by atoms with Crippen molar-refractivity contribution < 1.29 is 22.7 Å². The largest absolute Gasteiger partial charge is 0.495 e. The summed E-state index contributed by atoms with van der Waals surface area (Å²) in [6.07, 6.45) is 0.337. The van der Waals surface area contributed by atoms with Gasteiger partial charge in [-0.2, -0.15) is 0 Å². The summed E-state index contributed by atoms with van der Waals surface area (Å²) in [6, 6.07) is 19.1. The SMILES string of the molecule is CC[C@H](C(=O)NC)N(Cc1ccc(C)cc1)C(=O)CN(c1cc(Cl)ccc1OC)S(=O)(=O)c1ccccc1. The molecule has 0 aromatic heterocycles. The van der Waals surface area contributed by atoms with Crippen molar-refractivity contribution in [1.82, 2.24) is 10.2 Å². The Morgan fingerprint density at radius 1 is 1.03 bits per heavy atom. The maximum Gasteiger partial charge on any atom is 0.264 e. The van der Waals surface area contributed by atoms with Crippen LogP contribution in [0, 0.1) is 6.92 Å². The van der Waals surface area contributed by atoms with Crippen LogP contribution >= 0.6 is 11.6 Å². The normalized spacial score (nSPS) is 11.9. The molecule has 202 valence electrons. The lowest BCUT2D eigenvalue weighted by atomic mass is 10.1. The van der Waals surface area contributed by atoms with Crippen LogP contribution in [0.25, 0.3) is 0 Å². The average molecular weight is 558 g/mol. The summed E-state index contributed by atoms with van der Waals surface area (Å²) in [6.45, 7) is 3.30. The van der Waals surface area contributed by atoms with Crippen molar-refractivity contribution in [1.29, 1.82) is 0 Å². The Kier molecular flexibility index (Phi) is 9.77. The van der Waals surface area contributed by atoms with E-state index in [1.165, 1.54) is 37.3 Å². The summed E-state index contributed by atoms with van der Waals surface area (Å²) in [4.78, 5) is 28.1. The number of rotatable bonds is 11. The molecule has 0 heterocycles. The van der Waals surface area contributed by atoms with Gasteiger partial charge in [-0.1, -0.05) is 66.6 Å². The number of amides is 2. The summed E-state index contributed by atoms with van der Waals surface area (Å²) >= 11 is 6.24. The van der Waals surface area contributed by atoms with Crippen molar-refractivity contribution >= 4 is 39.1 Å². The molecule has 3 aromatic carbocycles. The average Bonchev–Trinajstić information content (AvgIpc) is 2.92. The third-order valence-electron chi connectivity index (χ3n) is 6.13. The van der Waals surface area contributed by atoms with Crippen LogP contribution in [0.1, 0.15) is 24.5 Å². The van der Waals surface area contributed by atoms with E-state index in [2.05, 4.69) is 5.32 Å². The fraction of sp³-hybridized carbons (Fsp3) is 0.286. The molecule has 3 rings (SSSR count). The zero-order valence-electron chi connectivity index (χ0n) is 21.8. The first-order valence-electron chi connectivity index (χ1n) is 12.1. The van der Waals surface area contributed by atoms with E-state index in [-0.39, 0.29) is 33.8 Å². The van der Waals surface area contributed by atoms with E-state index in [4.69, 9.17) is 16.3 Å². The number of likely N-dealkylation sites (N-methyl/N-ethyl adjacent to an activating group) is 1. The topological polar surface area (TPSA) is 96.0 Å². The third-order valence-corrected chi connectivity index (χ3v) is 8.13. The fourth-order valence-electron chi connectivity index (χ4n) is 4.07. The quantitative estimate of drug-likeness (QED) is 0.377. The number of ether oxygens (including phenoxy) is 1. The van der Waals surface area contributed by atoms with Gasteiger partial charge in [0.15, 0.2) is 0 Å². The van der Waals surface area contributed by atoms with Gasteiger partial charge in [0.25, 0.3) is 10.0 Å². The fourth-order valence-corrected chi connectivity index (χ4v) is 5.67. The molecule has 0 fully saturated rings. The van der Waals surface area contributed by atoms with Crippen LogP contribution in [-0.4, -0.2) is 51.9 Å². The van der Waals surface area contributed by atoms with Gasteiger partial charge in [0, 0.05) is 18.6 Å². The lowest BCUT2D eigenvalue weighted by Crippen LogP contribution is -2.51. The minimum Gasteiger partial charge on any atom is -0.495 e. The second kappa shape index (κ2) is 12.8. The Morgan fingerprint density at radius 2 is 1.68 bits per heavy atom. The first-order valence-corrected chi connectivity index (χ1v) is 13.9. The van der Waals surface area contributed by atoms with Crippen molar-refractivity contribution in [2.75, 3.05) is 25.0 Å². The predicted octanol–water partition coefficient (Wildman–Crippen LogP) is 4.41. The summed E-state index contributed by atoms with van der Waals surface area (Å²) in [7, 11) is -1.31. The Labute approximate surface area is 229 Å². The molecule has 0 radical (unpaired) electrons. The van der Waals surface area contributed by atoms with Gasteiger partial charge in [0.2, 0.25) is 11.8 Å². The van der Waals surface area contributed by atoms with E-state index in [1.54, 1.807) is 37.3 Å². The molecule has 1 atom stereocenters. The zero-order chi connectivity index (χ0) is 27.9. The maximum absolute atomic E-state index is 13.9. The molecular formula is C28H32ClN3O5S. The van der Waals surface area contributed by atoms with E-state index in [9.17, 15) is 18.0 Å². The number of hydrogen-bond donors (Lipinski definition) is 1. The number of carbonyl (C=O) groups is 2. The number of benzene rings is 3. The van der Waals surface area contributed by atoms with E-state index in [0.717, 1.165) is 15.4 Å². The number of anilines is 1.